The standard InChI is InChI=1S/C14H16F3N3O/c1-8(2)11(13(19)21)12(18)20-7-9-3-5-10(6-4-9)14(15,16)17/h3-6,20H,1,7,18H2,2H3,(H2,19,21)/b12-11+. The molecule has 21 heavy (non-hydrogen) atoms. The Morgan fingerprint density at radius 3 is 2.14 bits per heavy atom. The van der Waals surface area contributed by atoms with Crippen LogP contribution in [-0.2, 0) is 17.5 Å². The molecule has 1 rings (SSSR count). The molecule has 7 heteroatoms. The van der Waals surface area contributed by atoms with Gasteiger partial charge in [-0.2, -0.15) is 13.2 Å². The molecule has 1 aromatic rings. The Kier molecular flexibility index (Phi) is 5.02. The van der Waals surface area contributed by atoms with Gasteiger partial charge in [-0.25, -0.2) is 0 Å². The Balaban J connectivity index is 2.82. The molecule has 0 atom stereocenters. The summed E-state index contributed by atoms with van der Waals surface area (Å²) < 4.78 is 37.2. The number of amides is 1. The van der Waals surface area contributed by atoms with Crippen LogP contribution < -0.4 is 16.8 Å². The van der Waals surface area contributed by atoms with Crippen molar-refractivity contribution in [2.24, 2.45) is 11.5 Å². The predicted octanol–water partition coefficient (Wildman–Crippen LogP) is 2.03. The molecule has 0 unspecified atom stereocenters. The SMILES string of the molecule is C=C(C)/C(C(N)=O)=C(/N)NCc1ccc(C(F)(F)F)cc1. The fraction of sp³-hybridized carbons (Fsp3) is 0.214. The number of primary amides is 1. The zero-order chi connectivity index (χ0) is 16.2. The van der Waals surface area contributed by atoms with Crippen LogP contribution in [0.15, 0.2) is 47.8 Å². The lowest BCUT2D eigenvalue weighted by atomic mass is 10.1. The lowest BCUT2D eigenvalue weighted by molar-refractivity contribution is -0.137. The first-order valence-corrected chi connectivity index (χ1v) is 5.98. The maximum Gasteiger partial charge on any atom is 0.416 e. The van der Waals surface area contributed by atoms with E-state index in [1.165, 1.54) is 12.1 Å². The average Bonchev–Trinajstić information content (AvgIpc) is 2.35. The highest BCUT2D eigenvalue weighted by Gasteiger charge is 2.29. The molecule has 0 heterocycles. The smallest absolute Gasteiger partial charge is 0.385 e. The number of carbonyl (C=O) groups excluding carboxylic acids is 1. The van der Waals surface area contributed by atoms with Gasteiger partial charge in [0.25, 0.3) is 5.91 Å². The number of rotatable bonds is 5. The summed E-state index contributed by atoms with van der Waals surface area (Å²) in [6.07, 6.45) is -4.37. The molecule has 0 saturated heterocycles. The van der Waals surface area contributed by atoms with Gasteiger partial charge in [0.05, 0.1) is 11.1 Å². The van der Waals surface area contributed by atoms with Crippen LogP contribution in [0.4, 0.5) is 13.2 Å². The van der Waals surface area contributed by atoms with Crippen LogP contribution in [0.2, 0.25) is 0 Å². The van der Waals surface area contributed by atoms with E-state index in [1.807, 2.05) is 0 Å². The zero-order valence-corrected chi connectivity index (χ0v) is 11.4. The molecule has 1 aromatic carbocycles. The second-order valence-corrected chi connectivity index (χ2v) is 4.48. The van der Waals surface area contributed by atoms with Crippen LogP contribution in [0, 0.1) is 0 Å². The lowest BCUT2D eigenvalue weighted by Crippen LogP contribution is -2.27. The number of hydrogen-bond donors (Lipinski definition) is 3. The summed E-state index contributed by atoms with van der Waals surface area (Å²) in [5, 5.41) is 2.73. The normalized spacial score (nSPS) is 12.6. The third-order valence-electron chi connectivity index (χ3n) is 2.71. The summed E-state index contributed by atoms with van der Waals surface area (Å²) in [4.78, 5) is 11.2. The van der Waals surface area contributed by atoms with Crippen molar-refractivity contribution in [1.29, 1.82) is 0 Å². The number of nitrogens with two attached hydrogens (primary N) is 2. The molecule has 0 fully saturated rings. The number of hydrogen-bond acceptors (Lipinski definition) is 3. The molecule has 0 aliphatic rings. The van der Waals surface area contributed by atoms with Crippen LogP contribution in [0.5, 0.6) is 0 Å². The minimum atomic E-state index is -4.37. The van der Waals surface area contributed by atoms with E-state index in [0.717, 1.165) is 12.1 Å². The first kappa shape index (κ1) is 16.6. The van der Waals surface area contributed by atoms with Crippen molar-refractivity contribution in [3.05, 3.63) is 58.9 Å². The van der Waals surface area contributed by atoms with E-state index in [4.69, 9.17) is 11.5 Å². The maximum absolute atomic E-state index is 12.4. The molecule has 4 nitrogen and oxygen atoms in total. The minimum Gasteiger partial charge on any atom is -0.385 e. The van der Waals surface area contributed by atoms with E-state index in [1.54, 1.807) is 6.92 Å². The van der Waals surface area contributed by atoms with E-state index in [0.29, 0.717) is 11.1 Å². The predicted molar refractivity (Wildman–Crippen MR) is 73.5 cm³/mol. The van der Waals surface area contributed by atoms with Gasteiger partial charge in [-0.1, -0.05) is 18.7 Å². The summed E-state index contributed by atoms with van der Waals surface area (Å²) in [5.74, 6) is -0.685. The third-order valence-corrected chi connectivity index (χ3v) is 2.71. The second-order valence-electron chi connectivity index (χ2n) is 4.48. The van der Waals surface area contributed by atoms with Crippen LogP contribution in [0.1, 0.15) is 18.1 Å². The molecule has 0 aromatic heterocycles. The highest BCUT2D eigenvalue weighted by molar-refractivity contribution is 5.96. The fourth-order valence-corrected chi connectivity index (χ4v) is 1.67. The summed E-state index contributed by atoms with van der Waals surface area (Å²) in [6.45, 7) is 5.32. The van der Waals surface area contributed by atoms with E-state index in [2.05, 4.69) is 11.9 Å². The van der Waals surface area contributed by atoms with Crippen LogP contribution in [0.25, 0.3) is 0 Å². The summed E-state index contributed by atoms with van der Waals surface area (Å²) in [6, 6.07) is 4.61. The van der Waals surface area contributed by atoms with Crippen molar-refractivity contribution < 1.29 is 18.0 Å². The van der Waals surface area contributed by atoms with E-state index in [-0.39, 0.29) is 17.9 Å². The minimum absolute atomic E-state index is 0.0369. The largest absolute Gasteiger partial charge is 0.416 e. The van der Waals surface area contributed by atoms with Crippen molar-refractivity contribution in [2.75, 3.05) is 0 Å². The van der Waals surface area contributed by atoms with Crippen molar-refractivity contribution in [3.63, 3.8) is 0 Å². The molecular formula is C14H16F3N3O. The molecule has 0 spiro atoms. The van der Waals surface area contributed by atoms with Gasteiger partial charge in [0.1, 0.15) is 5.82 Å². The fourth-order valence-electron chi connectivity index (χ4n) is 1.67. The van der Waals surface area contributed by atoms with Crippen molar-refractivity contribution in [1.82, 2.24) is 5.32 Å². The Bertz CT molecular complexity index is 558. The summed E-state index contributed by atoms with van der Waals surface area (Å²) >= 11 is 0. The topological polar surface area (TPSA) is 81.1 Å². The molecule has 0 aliphatic carbocycles. The van der Waals surface area contributed by atoms with Gasteiger partial charge < -0.3 is 16.8 Å². The number of nitrogens with one attached hydrogen (secondary N) is 1. The third kappa shape index (κ3) is 4.55. The van der Waals surface area contributed by atoms with Crippen LogP contribution in [0.3, 0.4) is 0 Å². The highest BCUT2D eigenvalue weighted by Crippen LogP contribution is 2.29. The molecule has 1 amide bonds. The molecule has 0 bridgehead atoms. The van der Waals surface area contributed by atoms with Crippen molar-refractivity contribution >= 4 is 5.91 Å². The van der Waals surface area contributed by atoms with Crippen LogP contribution in [-0.4, -0.2) is 5.91 Å². The Labute approximate surface area is 120 Å². The molecule has 0 radical (unpaired) electrons. The summed E-state index contributed by atoms with van der Waals surface area (Å²) in [5.41, 5.74) is 11.2. The van der Waals surface area contributed by atoms with Gasteiger partial charge >= 0.3 is 6.18 Å². The van der Waals surface area contributed by atoms with Gasteiger partial charge in [-0.3, -0.25) is 4.79 Å². The summed E-state index contributed by atoms with van der Waals surface area (Å²) in [7, 11) is 0. The number of alkyl halides is 3. The van der Waals surface area contributed by atoms with Gasteiger partial charge in [0, 0.05) is 6.54 Å². The van der Waals surface area contributed by atoms with E-state index >= 15 is 0 Å². The molecule has 0 aliphatic heterocycles. The quantitative estimate of drug-likeness (QED) is 0.575. The Hall–Kier alpha value is -2.44. The molecular weight excluding hydrogens is 283 g/mol. The van der Waals surface area contributed by atoms with Crippen molar-refractivity contribution in [3.8, 4) is 0 Å². The second kappa shape index (κ2) is 6.34. The number of benzene rings is 1. The lowest BCUT2D eigenvalue weighted by Gasteiger charge is -2.12. The molecule has 0 saturated carbocycles. The van der Waals surface area contributed by atoms with E-state index in [9.17, 15) is 18.0 Å². The average molecular weight is 299 g/mol. The maximum atomic E-state index is 12.4. The van der Waals surface area contributed by atoms with Gasteiger partial charge in [0.2, 0.25) is 0 Å². The number of carbonyl (C=O) groups is 1. The number of halogens is 3. The highest BCUT2D eigenvalue weighted by atomic mass is 19.4. The Morgan fingerprint density at radius 2 is 1.76 bits per heavy atom. The van der Waals surface area contributed by atoms with Gasteiger partial charge in [-0.15, -0.1) is 0 Å². The molecule has 5 N–H and O–H groups in total. The zero-order valence-electron chi connectivity index (χ0n) is 11.4. The Morgan fingerprint density at radius 1 is 1.24 bits per heavy atom. The van der Waals surface area contributed by atoms with E-state index < -0.39 is 17.6 Å². The van der Waals surface area contributed by atoms with Crippen molar-refractivity contribution in [2.45, 2.75) is 19.6 Å². The van der Waals surface area contributed by atoms with Gasteiger partial charge in [-0.05, 0) is 30.2 Å². The van der Waals surface area contributed by atoms with Crippen LogP contribution >= 0.6 is 0 Å². The molecule has 114 valence electrons. The van der Waals surface area contributed by atoms with Gasteiger partial charge in [0.15, 0.2) is 0 Å². The first-order chi connectivity index (χ1) is 9.62. The monoisotopic (exact) mass is 299 g/mol. The first-order valence-electron chi connectivity index (χ1n) is 5.98.